The van der Waals surface area contributed by atoms with Gasteiger partial charge in [0.25, 0.3) is 0 Å². The van der Waals surface area contributed by atoms with Crippen molar-refractivity contribution in [2.45, 2.75) is 186 Å². The third-order valence-electron chi connectivity index (χ3n) is 11.1. The van der Waals surface area contributed by atoms with Crippen LogP contribution >= 0.6 is 0 Å². The van der Waals surface area contributed by atoms with Crippen molar-refractivity contribution in [3.63, 3.8) is 0 Å². The maximum Gasteiger partial charge on any atom is 0.192 e. The van der Waals surface area contributed by atoms with Gasteiger partial charge in [-0.05, 0) is 72.5 Å². The average molecular weight is 677 g/mol. The summed E-state index contributed by atoms with van der Waals surface area (Å²) in [5.41, 5.74) is 0. The van der Waals surface area contributed by atoms with Crippen molar-refractivity contribution in [2.24, 2.45) is 0 Å². The summed E-state index contributed by atoms with van der Waals surface area (Å²) in [6, 6.07) is 0. The van der Waals surface area contributed by atoms with Gasteiger partial charge in [-0.2, -0.15) is 0 Å². The summed E-state index contributed by atoms with van der Waals surface area (Å²) in [6.45, 7) is 50.5. The second-order valence-corrected chi connectivity index (χ2v) is 37.8. The molecule has 256 valence electrons. The lowest BCUT2D eigenvalue weighted by Crippen LogP contribution is -2.68. The number of rotatable bonds is 12. The Balaban J connectivity index is 3.93. The molecular weight excluding hydrogens is 605 g/mol. The van der Waals surface area contributed by atoms with Gasteiger partial charge in [0.05, 0.1) is 13.2 Å². The largest absolute Gasteiger partial charge is 0.414 e. The normalized spacial score (nSPS) is 25.6. The van der Waals surface area contributed by atoms with Crippen LogP contribution in [0.5, 0.6) is 0 Å². The predicted octanol–water partition coefficient (Wildman–Crippen LogP) is 10.1. The van der Waals surface area contributed by atoms with Crippen LogP contribution < -0.4 is 0 Å². The molecule has 0 aliphatic carbocycles. The molecule has 0 spiro atoms. The highest BCUT2D eigenvalue weighted by Crippen LogP contribution is 2.46. The van der Waals surface area contributed by atoms with Gasteiger partial charge in [-0.1, -0.05) is 89.2 Å². The molecule has 1 fully saturated rings. The molecule has 43 heavy (non-hydrogen) atoms. The molecule has 0 bridgehead atoms. The zero-order valence-electron chi connectivity index (χ0n) is 32.0. The molecule has 0 unspecified atom stereocenters. The van der Waals surface area contributed by atoms with Crippen molar-refractivity contribution in [1.29, 1.82) is 0 Å². The molecule has 0 radical (unpaired) electrons. The van der Waals surface area contributed by atoms with E-state index in [1.54, 1.807) is 6.08 Å². The molecule has 0 amide bonds. The van der Waals surface area contributed by atoms with E-state index >= 15 is 0 Å². The molecule has 1 aliphatic rings. The first-order chi connectivity index (χ1) is 18.8. The molecule has 1 heterocycles. The standard InChI is InChI=1S/C33H72O6Si4/c1-22-23-34-29-28(39-43(20,21)33(11,12)13)27(38-42(18,19)32(8,9)10)26(37-41(16,17)31(5,6)7)25(36-29)24-35-40(14,15)30(2,3)4/h22,25-29H,1,23-24H2,2-21H3/t25-,26-,27+,28-,29-/m1/s1. The van der Waals surface area contributed by atoms with E-state index in [0.29, 0.717) is 13.2 Å². The summed E-state index contributed by atoms with van der Waals surface area (Å²) in [7, 11) is -8.92. The van der Waals surface area contributed by atoms with Crippen molar-refractivity contribution >= 4 is 33.3 Å². The molecule has 6 nitrogen and oxygen atoms in total. The molecule has 5 atom stereocenters. The Morgan fingerprint density at radius 3 is 1.26 bits per heavy atom. The maximum absolute atomic E-state index is 7.43. The number of ether oxygens (including phenoxy) is 2. The Bertz CT molecular complexity index is 906. The van der Waals surface area contributed by atoms with Crippen molar-refractivity contribution in [1.82, 2.24) is 0 Å². The summed E-state index contributed by atoms with van der Waals surface area (Å²) >= 11 is 0. The van der Waals surface area contributed by atoms with Gasteiger partial charge in [0.15, 0.2) is 39.6 Å². The fourth-order valence-corrected chi connectivity index (χ4v) is 8.68. The Hall–Kier alpha value is 0.368. The third-order valence-corrected chi connectivity index (χ3v) is 29.0. The predicted molar refractivity (Wildman–Crippen MR) is 194 cm³/mol. The smallest absolute Gasteiger partial charge is 0.192 e. The van der Waals surface area contributed by atoms with Crippen molar-refractivity contribution in [3.05, 3.63) is 12.7 Å². The van der Waals surface area contributed by atoms with Crippen LogP contribution in [-0.2, 0) is 27.2 Å². The van der Waals surface area contributed by atoms with E-state index in [1.807, 2.05) is 0 Å². The summed E-state index contributed by atoms with van der Waals surface area (Å²) < 4.78 is 42.2. The lowest BCUT2D eigenvalue weighted by atomic mass is 9.99. The van der Waals surface area contributed by atoms with Crippen LogP contribution in [0.1, 0.15) is 83.1 Å². The molecule has 1 aliphatic heterocycles. The third kappa shape index (κ3) is 10.4. The van der Waals surface area contributed by atoms with E-state index in [2.05, 4.69) is 142 Å². The molecule has 0 aromatic heterocycles. The maximum atomic E-state index is 7.43. The van der Waals surface area contributed by atoms with Crippen LogP contribution in [-0.4, -0.2) is 77.2 Å². The molecular formula is C33H72O6Si4. The monoisotopic (exact) mass is 676 g/mol. The van der Waals surface area contributed by atoms with Gasteiger partial charge >= 0.3 is 0 Å². The van der Waals surface area contributed by atoms with Gasteiger partial charge in [-0.15, -0.1) is 6.58 Å². The minimum Gasteiger partial charge on any atom is -0.414 e. The highest BCUT2D eigenvalue weighted by atomic mass is 28.4. The first kappa shape index (κ1) is 41.4. The van der Waals surface area contributed by atoms with Crippen molar-refractivity contribution in [3.8, 4) is 0 Å². The summed E-state index contributed by atoms with van der Waals surface area (Å²) in [5.74, 6) is 0. The van der Waals surface area contributed by atoms with Gasteiger partial charge in [0, 0.05) is 0 Å². The lowest BCUT2D eigenvalue weighted by Gasteiger charge is -2.54. The SMILES string of the molecule is C=CCO[C@@H]1O[C@H](CO[Si](C)(C)C(C)(C)C)[C@@H](O[Si](C)(C)C(C)(C)C)[C@H](O[Si](C)(C)C(C)(C)C)[C@H]1O[Si](C)(C)C(C)(C)C. The van der Waals surface area contributed by atoms with E-state index in [4.69, 9.17) is 27.2 Å². The van der Waals surface area contributed by atoms with Crippen LogP contribution in [0.3, 0.4) is 0 Å². The van der Waals surface area contributed by atoms with E-state index in [0.717, 1.165) is 0 Å². The van der Waals surface area contributed by atoms with E-state index in [1.165, 1.54) is 0 Å². The first-order valence-corrected chi connectivity index (χ1v) is 28.0. The van der Waals surface area contributed by atoms with Crippen LogP contribution in [0, 0.1) is 0 Å². The Kier molecular flexibility index (Phi) is 13.3. The first-order valence-electron chi connectivity index (χ1n) is 16.4. The summed E-state index contributed by atoms with van der Waals surface area (Å²) in [4.78, 5) is 0. The highest BCUT2D eigenvalue weighted by molar-refractivity contribution is 6.75. The van der Waals surface area contributed by atoms with Crippen LogP contribution in [0.25, 0.3) is 0 Å². The number of hydrogen-bond donors (Lipinski definition) is 0. The Morgan fingerprint density at radius 2 is 0.907 bits per heavy atom. The Morgan fingerprint density at radius 1 is 0.558 bits per heavy atom. The lowest BCUT2D eigenvalue weighted by molar-refractivity contribution is -0.288. The minimum absolute atomic E-state index is 0.00103. The molecule has 1 saturated heterocycles. The second kappa shape index (κ2) is 13.8. The summed E-state index contributed by atoms with van der Waals surface area (Å²) in [5, 5.41) is 0.0705. The zero-order chi connectivity index (χ0) is 34.3. The fraction of sp³-hybridized carbons (Fsp3) is 0.939. The van der Waals surface area contributed by atoms with Gasteiger partial charge in [-0.25, -0.2) is 0 Å². The van der Waals surface area contributed by atoms with E-state index in [9.17, 15) is 0 Å². The topological polar surface area (TPSA) is 55.4 Å². The quantitative estimate of drug-likeness (QED) is 0.151. The molecule has 0 saturated carbocycles. The molecule has 0 aromatic carbocycles. The van der Waals surface area contributed by atoms with Crippen LogP contribution in [0.15, 0.2) is 12.7 Å². The second-order valence-electron chi connectivity index (χ2n) is 18.8. The minimum atomic E-state index is -2.29. The average Bonchev–Trinajstić information content (AvgIpc) is 2.76. The fourth-order valence-electron chi connectivity index (χ4n) is 3.77. The summed E-state index contributed by atoms with van der Waals surface area (Å²) in [6.07, 6.45) is -0.413. The highest BCUT2D eigenvalue weighted by Gasteiger charge is 2.57. The molecule has 0 N–H and O–H groups in total. The van der Waals surface area contributed by atoms with Gasteiger partial charge in [-0.3, -0.25) is 0 Å². The van der Waals surface area contributed by atoms with E-state index in [-0.39, 0.29) is 38.5 Å². The van der Waals surface area contributed by atoms with Crippen molar-refractivity contribution < 1.29 is 27.2 Å². The van der Waals surface area contributed by atoms with Gasteiger partial charge in [0.2, 0.25) is 0 Å². The van der Waals surface area contributed by atoms with Crippen LogP contribution in [0.4, 0.5) is 0 Å². The molecule has 0 aromatic rings. The van der Waals surface area contributed by atoms with Crippen LogP contribution in [0.2, 0.25) is 72.5 Å². The Labute approximate surface area is 271 Å². The van der Waals surface area contributed by atoms with E-state index < -0.39 is 45.7 Å². The number of hydrogen-bond acceptors (Lipinski definition) is 6. The molecule has 1 rings (SSSR count). The van der Waals surface area contributed by atoms with Gasteiger partial charge in [0.1, 0.15) is 24.4 Å². The van der Waals surface area contributed by atoms with Crippen molar-refractivity contribution in [2.75, 3.05) is 13.2 Å². The zero-order valence-corrected chi connectivity index (χ0v) is 36.0. The van der Waals surface area contributed by atoms with Gasteiger partial charge < -0.3 is 27.2 Å². The molecule has 10 heteroatoms.